The van der Waals surface area contributed by atoms with Crippen molar-refractivity contribution in [1.29, 1.82) is 0 Å². The molecule has 5 nitrogen and oxygen atoms in total. The number of rotatable bonds is 3. The predicted octanol–water partition coefficient (Wildman–Crippen LogP) is 3.79. The number of carbonyl (C=O) groups is 1. The number of anilines is 1. The van der Waals surface area contributed by atoms with Gasteiger partial charge in [0, 0.05) is 22.2 Å². The number of nitrogens with one attached hydrogen (secondary N) is 1. The van der Waals surface area contributed by atoms with Crippen LogP contribution in [0.2, 0.25) is 0 Å². The van der Waals surface area contributed by atoms with E-state index in [1.54, 1.807) is 31.4 Å². The Morgan fingerprint density at radius 2 is 1.87 bits per heavy atom. The van der Waals surface area contributed by atoms with Crippen LogP contribution in [-0.4, -0.2) is 26.2 Å². The minimum Gasteiger partial charge on any atom is -0.496 e. The maximum Gasteiger partial charge on any atom is 0.255 e. The van der Waals surface area contributed by atoms with Gasteiger partial charge >= 0.3 is 0 Å². The van der Waals surface area contributed by atoms with Gasteiger partial charge < -0.3 is 19.5 Å². The number of hydrogen-bond donors (Lipinski definition) is 1. The van der Waals surface area contributed by atoms with E-state index < -0.39 is 0 Å². The van der Waals surface area contributed by atoms with Crippen molar-refractivity contribution in [2.75, 3.05) is 25.6 Å². The summed E-state index contributed by atoms with van der Waals surface area (Å²) in [5.41, 5.74) is 2.12. The number of aryl methyl sites for hydroxylation is 1. The van der Waals surface area contributed by atoms with Gasteiger partial charge in [0.05, 0.1) is 12.8 Å². The third-order valence-corrected chi connectivity index (χ3v) is 4.21. The number of fused-ring (bicyclic) bond motifs is 1. The quantitative estimate of drug-likeness (QED) is 0.883. The van der Waals surface area contributed by atoms with Gasteiger partial charge in [0.15, 0.2) is 11.5 Å². The second-order valence-electron chi connectivity index (χ2n) is 5.11. The molecule has 1 N–H and O–H groups in total. The molecule has 6 heteroatoms. The van der Waals surface area contributed by atoms with E-state index >= 15 is 0 Å². The topological polar surface area (TPSA) is 56.8 Å². The standard InChI is InChI=1S/C17H16BrNO4/c1-10-3-4-11(7-14(10)21-2)17(20)19-13-9-16-15(8-12(13)18)22-5-6-23-16/h3-4,7-9H,5-6H2,1-2H3,(H,19,20). The normalized spacial score (nSPS) is 12.7. The summed E-state index contributed by atoms with van der Waals surface area (Å²) in [6.45, 7) is 2.95. The first-order chi connectivity index (χ1) is 11.1. The highest BCUT2D eigenvalue weighted by atomic mass is 79.9. The Morgan fingerprint density at radius 3 is 2.57 bits per heavy atom. The zero-order valence-corrected chi connectivity index (χ0v) is 14.4. The van der Waals surface area contributed by atoms with Crippen molar-refractivity contribution in [3.8, 4) is 17.2 Å². The number of benzene rings is 2. The minimum atomic E-state index is -0.222. The molecule has 3 rings (SSSR count). The number of halogens is 1. The molecule has 1 aliphatic rings. The molecule has 23 heavy (non-hydrogen) atoms. The molecule has 1 heterocycles. The van der Waals surface area contributed by atoms with Gasteiger partial charge in [-0.3, -0.25) is 4.79 Å². The average Bonchev–Trinajstić information content (AvgIpc) is 2.56. The second-order valence-corrected chi connectivity index (χ2v) is 5.97. The van der Waals surface area contributed by atoms with Gasteiger partial charge in [0.25, 0.3) is 5.91 Å². The lowest BCUT2D eigenvalue weighted by Gasteiger charge is -2.20. The monoisotopic (exact) mass is 377 g/mol. The molecular weight excluding hydrogens is 362 g/mol. The van der Waals surface area contributed by atoms with Gasteiger partial charge in [-0.05, 0) is 40.5 Å². The van der Waals surface area contributed by atoms with Gasteiger partial charge in [-0.25, -0.2) is 0 Å². The zero-order chi connectivity index (χ0) is 16.4. The lowest BCUT2D eigenvalue weighted by Crippen LogP contribution is -2.17. The number of carbonyl (C=O) groups excluding carboxylic acids is 1. The highest BCUT2D eigenvalue weighted by Crippen LogP contribution is 2.38. The summed E-state index contributed by atoms with van der Waals surface area (Å²) in [7, 11) is 1.58. The van der Waals surface area contributed by atoms with Gasteiger partial charge in [-0.2, -0.15) is 0 Å². The van der Waals surface area contributed by atoms with Gasteiger partial charge in [0.1, 0.15) is 19.0 Å². The van der Waals surface area contributed by atoms with E-state index in [1.807, 2.05) is 13.0 Å². The maximum absolute atomic E-state index is 12.5. The predicted molar refractivity (Wildman–Crippen MR) is 90.8 cm³/mol. The van der Waals surface area contributed by atoms with Crippen molar-refractivity contribution in [3.05, 3.63) is 45.9 Å². The molecule has 0 unspecified atom stereocenters. The van der Waals surface area contributed by atoms with E-state index in [0.717, 1.165) is 10.0 Å². The molecule has 2 aromatic rings. The Balaban J connectivity index is 1.85. The number of amides is 1. The van der Waals surface area contributed by atoms with Gasteiger partial charge in [-0.1, -0.05) is 6.07 Å². The first-order valence-electron chi connectivity index (χ1n) is 7.13. The van der Waals surface area contributed by atoms with Crippen LogP contribution >= 0.6 is 15.9 Å². The zero-order valence-electron chi connectivity index (χ0n) is 12.8. The van der Waals surface area contributed by atoms with Crippen LogP contribution in [0.25, 0.3) is 0 Å². The molecule has 0 fully saturated rings. The summed E-state index contributed by atoms with van der Waals surface area (Å²) in [4.78, 5) is 12.5. The van der Waals surface area contributed by atoms with E-state index in [1.165, 1.54) is 0 Å². The first kappa shape index (κ1) is 15.7. The lowest BCUT2D eigenvalue weighted by molar-refractivity contribution is 0.102. The van der Waals surface area contributed by atoms with Crippen molar-refractivity contribution < 1.29 is 19.0 Å². The Kier molecular flexibility index (Phi) is 4.43. The molecule has 0 radical (unpaired) electrons. The van der Waals surface area contributed by atoms with Crippen LogP contribution in [0.4, 0.5) is 5.69 Å². The van der Waals surface area contributed by atoms with Crippen LogP contribution in [0, 0.1) is 6.92 Å². The van der Waals surface area contributed by atoms with E-state index in [2.05, 4.69) is 21.2 Å². The minimum absolute atomic E-state index is 0.222. The number of methoxy groups -OCH3 is 1. The van der Waals surface area contributed by atoms with E-state index in [9.17, 15) is 4.79 Å². The molecule has 0 spiro atoms. The fourth-order valence-electron chi connectivity index (χ4n) is 2.32. The summed E-state index contributed by atoms with van der Waals surface area (Å²) in [5, 5.41) is 2.87. The average molecular weight is 378 g/mol. The fourth-order valence-corrected chi connectivity index (χ4v) is 2.74. The largest absolute Gasteiger partial charge is 0.496 e. The molecular formula is C17H16BrNO4. The summed E-state index contributed by atoms with van der Waals surface area (Å²) >= 11 is 3.44. The molecule has 0 aromatic heterocycles. The molecule has 0 atom stereocenters. The van der Waals surface area contributed by atoms with Crippen LogP contribution in [0.5, 0.6) is 17.2 Å². The third-order valence-electron chi connectivity index (χ3n) is 3.55. The molecule has 0 bridgehead atoms. The van der Waals surface area contributed by atoms with Crippen LogP contribution in [0.15, 0.2) is 34.8 Å². The Hall–Kier alpha value is -2.21. The first-order valence-corrected chi connectivity index (χ1v) is 7.93. The van der Waals surface area contributed by atoms with Crippen molar-refractivity contribution >= 4 is 27.5 Å². The molecule has 1 aliphatic heterocycles. The third kappa shape index (κ3) is 3.27. The van der Waals surface area contributed by atoms with Crippen molar-refractivity contribution in [3.63, 3.8) is 0 Å². The number of hydrogen-bond acceptors (Lipinski definition) is 4. The molecule has 1 amide bonds. The van der Waals surface area contributed by atoms with Crippen LogP contribution in [0.1, 0.15) is 15.9 Å². The maximum atomic E-state index is 12.5. The summed E-state index contributed by atoms with van der Waals surface area (Å²) in [6.07, 6.45) is 0. The molecule has 0 saturated carbocycles. The second kappa shape index (κ2) is 6.50. The van der Waals surface area contributed by atoms with Crippen molar-refractivity contribution in [2.24, 2.45) is 0 Å². The van der Waals surface area contributed by atoms with E-state index in [-0.39, 0.29) is 5.91 Å². The Morgan fingerprint density at radius 1 is 1.17 bits per heavy atom. The highest BCUT2D eigenvalue weighted by molar-refractivity contribution is 9.10. The Labute approximate surface area is 142 Å². The van der Waals surface area contributed by atoms with Crippen LogP contribution in [0.3, 0.4) is 0 Å². The SMILES string of the molecule is COc1cc(C(=O)Nc2cc3c(cc2Br)OCCO3)ccc1C. The van der Waals surface area contributed by atoms with Crippen molar-refractivity contribution in [1.82, 2.24) is 0 Å². The molecule has 0 aliphatic carbocycles. The highest BCUT2D eigenvalue weighted by Gasteiger charge is 2.17. The summed E-state index contributed by atoms with van der Waals surface area (Å²) in [5.74, 6) is 1.74. The fraction of sp³-hybridized carbons (Fsp3) is 0.235. The number of ether oxygens (including phenoxy) is 3. The van der Waals surface area contributed by atoms with Gasteiger partial charge in [-0.15, -0.1) is 0 Å². The lowest BCUT2D eigenvalue weighted by atomic mass is 10.1. The molecule has 0 saturated heterocycles. The van der Waals surface area contributed by atoms with Gasteiger partial charge in [0.2, 0.25) is 0 Å². The molecule has 2 aromatic carbocycles. The molecule has 120 valence electrons. The van der Waals surface area contributed by atoms with Crippen molar-refractivity contribution in [2.45, 2.75) is 6.92 Å². The smallest absolute Gasteiger partial charge is 0.255 e. The van der Waals surface area contributed by atoms with E-state index in [4.69, 9.17) is 14.2 Å². The Bertz CT molecular complexity index is 760. The van der Waals surface area contributed by atoms with Crippen LogP contribution in [-0.2, 0) is 0 Å². The summed E-state index contributed by atoms with van der Waals surface area (Å²) in [6, 6.07) is 8.88. The van der Waals surface area contributed by atoms with Crippen LogP contribution < -0.4 is 19.5 Å². The summed E-state index contributed by atoms with van der Waals surface area (Å²) < 4.78 is 17.0. The van der Waals surface area contributed by atoms with E-state index in [0.29, 0.717) is 41.7 Å².